The molecule has 0 radical (unpaired) electrons. The molecule has 1 aliphatic rings. The number of benzene rings is 1. The van der Waals surface area contributed by atoms with Gasteiger partial charge in [0, 0.05) is 31.1 Å². The normalized spacial score (nSPS) is 19.1. The number of carboxylic acid groups (broad SMARTS) is 1. The molecule has 20 heavy (non-hydrogen) atoms. The molecule has 0 aliphatic carbocycles. The van der Waals surface area contributed by atoms with E-state index in [9.17, 15) is 4.79 Å². The molecule has 1 unspecified atom stereocenters. The van der Waals surface area contributed by atoms with E-state index in [4.69, 9.17) is 15.6 Å². The number of carboxylic acids is 1. The van der Waals surface area contributed by atoms with E-state index < -0.39 is 5.97 Å². The predicted molar refractivity (Wildman–Crippen MR) is 79.3 cm³/mol. The summed E-state index contributed by atoms with van der Waals surface area (Å²) in [7, 11) is 0. The van der Waals surface area contributed by atoms with Gasteiger partial charge < -0.3 is 20.5 Å². The first-order valence-corrected chi connectivity index (χ1v) is 7.11. The van der Waals surface area contributed by atoms with Crippen LogP contribution in [0.25, 0.3) is 0 Å². The Hall–Kier alpha value is -1.75. The molecule has 110 valence electrons. The number of rotatable bonds is 5. The van der Waals surface area contributed by atoms with Crippen molar-refractivity contribution < 1.29 is 14.6 Å². The summed E-state index contributed by atoms with van der Waals surface area (Å²) in [5, 5.41) is 9.13. The number of piperidine rings is 1. The average molecular weight is 278 g/mol. The molecule has 2 rings (SSSR count). The summed E-state index contributed by atoms with van der Waals surface area (Å²) in [6, 6.07) is 5.19. The van der Waals surface area contributed by atoms with Crippen LogP contribution in [0.1, 0.15) is 36.5 Å². The molecule has 1 heterocycles. The van der Waals surface area contributed by atoms with Crippen molar-refractivity contribution in [3.8, 4) is 0 Å². The van der Waals surface area contributed by atoms with Crippen LogP contribution in [0.15, 0.2) is 18.2 Å². The summed E-state index contributed by atoms with van der Waals surface area (Å²) in [6.45, 7) is 4.61. The topological polar surface area (TPSA) is 75.8 Å². The fourth-order valence-corrected chi connectivity index (χ4v) is 2.52. The van der Waals surface area contributed by atoms with Gasteiger partial charge in [-0.15, -0.1) is 0 Å². The molecule has 5 nitrogen and oxygen atoms in total. The molecule has 0 aromatic heterocycles. The maximum Gasteiger partial charge on any atom is 0.337 e. The van der Waals surface area contributed by atoms with Gasteiger partial charge in [0.05, 0.1) is 11.7 Å². The van der Waals surface area contributed by atoms with Gasteiger partial charge in [0.25, 0.3) is 0 Å². The Morgan fingerprint density at radius 1 is 1.55 bits per heavy atom. The van der Waals surface area contributed by atoms with E-state index in [0.29, 0.717) is 5.69 Å². The Bertz CT molecular complexity index is 476. The number of aromatic carboxylic acids is 1. The Balaban J connectivity index is 2.10. The Labute approximate surface area is 119 Å². The Morgan fingerprint density at radius 2 is 2.35 bits per heavy atom. The van der Waals surface area contributed by atoms with E-state index >= 15 is 0 Å². The van der Waals surface area contributed by atoms with Gasteiger partial charge in [-0.3, -0.25) is 0 Å². The van der Waals surface area contributed by atoms with Crippen molar-refractivity contribution in [3.05, 3.63) is 23.8 Å². The summed E-state index contributed by atoms with van der Waals surface area (Å²) in [5.41, 5.74) is 7.06. The molecular formula is C15H22N2O3. The zero-order chi connectivity index (χ0) is 14.5. The molecule has 0 bridgehead atoms. The lowest BCUT2D eigenvalue weighted by Crippen LogP contribution is -2.39. The highest BCUT2D eigenvalue weighted by molar-refractivity contribution is 5.94. The Morgan fingerprint density at radius 3 is 3.05 bits per heavy atom. The highest BCUT2D eigenvalue weighted by Gasteiger charge is 2.21. The summed E-state index contributed by atoms with van der Waals surface area (Å²) in [5.74, 6) is -0.986. The first kappa shape index (κ1) is 14.7. The van der Waals surface area contributed by atoms with E-state index in [-0.39, 0.29) is 11.7 Å². The lowest BCUT2D eigenvalue weighted by atomic mass is 10.1. The fraction of sp³-hybridized carbons (Fsp3) is 0.533. The minimum atomic E-state index is -0.986. The van der Waals surface area contributed by atoms with E-state index in [1.165, 1.54) is 0 Å². The van der Waals surface area contributed by atoms with Crippen LogP contribution in [0.3, 0.4) is 0 Å². The monoisotopic (exact) mass is 278 g/mol. The zero-order valence-electron chi connectivity index (χ0n) is 11.8. The smallest absolute Gasteiger partial charge is 0.337 e. The molecule has 1 aromatic rings. The molecular weight excluding hydrogens is 256 g/mol. The van der Waals surface area contributed by atoms with Crippen LogP contribution in [0.2, 0.25) is 0 Å². The summed E-state index contributed by atoms with van der Waals surface area (Å²) >= 11 is 0. The van der Waals surface area contributed by atoms with Crippen LogP contribution in [-0.4, -0.2) is 36.9 Å². The number of nitrogens with two attached hydrogens (primary N) is 1. The SMILES string of the molecule is CCCOC1CCCN(c2ccc(N)c(C(=O)O)c2)C1. The van der Waals surface area contributed by atoms with Crippen molar-refractivity contribution in [2.75, 3.05) is 30.3 Å². The van der Waals surface area contributed by atoms with Gasteiger partial charge in [-0.25, -0.2) is 4.79 Å². The molecule has 0 spiro atoms. The van der Waals surface area contributed by atoms with Crippen LogP contribution in [0.5, 0.6) is 0 Å². The summed E-state index contributed by atoms with van der Waals surface area (Å²) in [6.07, 6.45) is 3.37. The van der Waals surface area contributed by atoms with Gasteiger partial charge in [-0.2, -0.15) is 0 Å². The number of nitrogens with zero attached hydrogens (tertiary/aromatic N) is 1. The van der Waals surface area contributed by atoms with Crippen molar-refractivity contribution in [2.24, 2.45) is 0 Å². The van der Waals surface area contributed by atoms with E-state index in [1.54, 1.807) is 12.1 Å². The molecule has 5 heteroatoms. The van der Waals surface area contributed by atoms with E-state index in [2.05, 4.69) is 11.8 Å². The van der Waals surface area contributed by atoms with Crippen molar-refractivity contribution in [1.82, 2.24) is 0 Å². The number of nitrogen functional groups attached to an aromatic ring is 1. The fourth-order valence-electron chi connectivity index (χ4n) is 2.52. The first-order chi connectivity index (χ1) is 9.61. The third kappa shape index (κ3) is 3.42. The second-order valence-corrected chi connectivity index (χ2v) is 5.16. The van der Waals surface area contributed by atoms with Crippen molar-refractivity contribution >= 4 is 17.3 Å². The van der Waals surface area contributed by atoms with Gasteiger partial charge in [-0.1, -0.05) is 6.92 Å². The molecule has 3 N–H and O–H groups in total. The van der Waals surface area contributed by atoms with Crippen LogP contribution in [0.4, 0.5) is 11.4 Å². The molecule has 1 aliphatic heterocycles. The minimum absolute atomic E-state index is 0.166. The first-order valence-electron chi connectivity index (χ1n) is 7.11. The van der Waals surface area contributed by atoms with Gasteiger partial charge in [0.15, 0.2) is 0 Å². The van der Waals surface area contributed by atoms with Gasteiger partial charge in [0.2, 0.25) is 0 Å². The van der Waals surface area contributed by atoms with Crippen LogP contribution in [0, 0.1) is 0 Å². The average Bonchev–Trinajstić information content (AvgIpc) is 2.45. The molecule has 0 saturated carbocycles. The standard InChI is InChI=1S/C15H22N2O3/c1-2-8-20-12-4-3-7-17(10-12)11-5-6-14(16)13(9-11)15(18)19/h5-6,9,12H,2-4,7-8,10,16H2,1H3,(H,18,19). The van der Waals surface area contributed by atoms with Gasteiger partial charge in [0.1, 0.15) is 0 Å². The van der Waals surface area contributed by atoms with Crippen LogP contribution >= 0.6 is 0 Å². The second kappa shape index (κ2) is 6.61. The Kier molecular flexibility index (Phi) is 4.84. The maximum absolute atomic E-state index is 11.1. The quantitative estimate of drug-likeness (QED) is 0.809. The largest absolute Gasteiger partial charge is 0.478 e. The third-order valence-electron chi connectivity index (χ3n) is 3.57. The molecule has 1 atom stereocenters. The summed E-state index contributed by atoms with van der Waals surface area (Å²) < 4.78 is 5.80. The van der Waals surface area contributed by atoms with E-state index in [1.807, 2.05) is 6.07 Å². The molecule has 1 aromatic carbocycles. The highest BCUT2D eigenvalue weighted by atomic mass is 16.5. The highest BCUT2D eigenvalue weighted by Crippen LogP contribution is 2.25. The van der Waals surface area contributed by atoms with Gasteiger partial charge >= 0.3 is 5.97 Å². The number of hydrogen-bond acceptors (Lipinski definition) is 4. The molecule has 0 amide bonds. The minimum Gasteiger partial charge on any atom is -0.478 e. The number of hydrogen-bond donors (Lipinski definition) is 2. The number of anilines is 2. The lowest BCUT2D eigenvalue weighted by Gasteiger charge is -2.34. The third-order valence-corrected chi connectivity index (χ3v) is 3.57. The summed E-state index contributed by atoms with van der Waals surface area (Å²) in [4.78, 5) is 13.3. The number of carbonyl (C=O) groups is 1. The van der Waals surface area contributed by atoms with Gasteiger partial charge in [-0.05, 0) is 37.5 Å². The zero-order valence-corrected chi connectivity index (χ0v) is 11.8. The van der Waals surface area contributed by atoms with Crippen LogP contribution in [-0.2, 0) is 4.74 Å². The second-order valence-electron chi connectivity index (χ2n) is 5.16. The predicted octanol–water partition coefficient (Wildman–Crippen LogP) is 2.36. The maximum atomic E-state index is 11.1. The molecule has 1 saturated heterocycles. The van der Waals surface area contributed by atoms with E-state index in [0.717, 1.165) is 44.6 Å². The van der Waals surface area contributed by atoms with Crippen LogP contribution < -0.4 is 10.6 Å². The van der Waals surface area contributed by atoms with Crippen molar-refractivity contribution in [3.63, 3.8) is 0 Å². The van der Waals surface area contributed by atoms with Crippen molar-refractivity contribution in [2.45, 2.75) is 32.3 Å². The molecule has 1 fully saturated rings. The number of ether oxygens (including phenoxy) is 1. The lowest BCUT2D eigenvalue weighted by molar-refractivity contribution is 0.0440. The van der Waals surface area contributed by atoms with Crippen molar-refractivity contribution in [1.29, 1.82) is 0 Å².